The SMILES string of the molecule is CCC(C)NC(=O)C(C)N(Cc1ccccc1)C(=O)CN(c1ccc(OC)c(Cl)c1)S(=O)(=O)c1ccc(C)cc1. The average molecular weight is 586 g/mol. The standard InChI is InChI=1S/C30H36ClN3O5S/c1-6-22(3)32-30(36)23(4)33(19-24-10-8-7-9-11-24)29(35)20-34(25-14-17-28(39-5)27(31)18-25)40(37,38)26-15-12-21(2)13-16-26/h7-18,22-23H,6,19-20H2,1-5H3,(H,32,36). The molecule has 3 aromatic carbocycles. The summed E-state index contributed by atoms with van der Waals surface area (Å²) in [7, 11) is -2.73. The molecule has 2 atom stereocenters. The highest BCUT2D eigenvalue weighted by Gasteiger charge is 2.33. The number of anilines is 1. The zero-order valence-corrected chi connectivity index (χ0v) is 25.0. The number of carbonyl (C=O) groups is 2. The van der Waals surface area contributed by atoms with Gasteiger partial charge in [0.2, 0.25) is 11.8 Å². The van der Waals surface area contributed by atoms with Crippen LogP contribution < -0.4 is 14.4 Å². The van der Waals surface area contributed by atoms with Crippen LogP contribution in [0.5, 0.6) is 5.75 Å². The number of carbonyl (C=O) groups excluding carboxylic acids is 2. The third-order valence-corrected chi connectivity index (χ3v) is 8.76. The molecular weight excluding hydrogens is 550 g/mol. The first-order valence-corrected chi connectivity index (χ1v) is 14.9. The Morgan fingerprint density at radius 1 is 1.00 bits per heavy atom. The minimum absolute atomic E-state index is 0.0232. The monoisotopic (exact) mass is 585 g/mol. The van der Waals surface area contributed by atoms with Crippen LogP contribution in [0.4, 0.5) is 5.69 Å². The maximum atomic E-state index is 14.0. The predicted molar refractivity (Wildman–Crippen MR) is 158 cm³/mol. The van der Waals surface area contributed by atoms with Gasteiger partial charge < -0.3 is 15.0 Å². The molecule has 0 radical (unpaired) electrons. The molecule has 8 nitrogen and oxygen atoms in total. The van der Waals surface area contributed by atoms with E-state index < -0.39 is 28.5 Å². The van der Waals surface area contributed by atoms with Crippen molar-refractivity contribution in [2.45, 2.75) is 57.6 Å². The number of halogens is 1. The lowest BCUT2D eigenvalue weighted by molar-refractivity contribution is -0.139. The van der Waals surface area contributed by atoms with E-state index in [4.69, 9.17) is 16.3 Å². The molecule has 0 saturated carbocycles. The molecule has 10 heteroatoms. The summed E-state index contributed by atoms with van der Waals surface area (Å²) in [6.45, 7) is 6.91. The number of hydrogen-bond donors (Lipinski definition) is 1. The number of hydrogen-bond acceptors (Lipinski definition) is 5. The molecule has 0 saturated heterocycles. The number of amides is 2. The van der Waals surface area contributed by atoms with Crippen molar-refractivity contribution < 1.29 is 22.7 Å². The molecule has 0 aromatic heterocycles. The molecule has 40 heavy (non-hydrogen) atoms. The van der Waals surface area contributed by atoms with Gasteiger partial charge in [-0.05, 0) is 63.1 Å². The Kier molecular flexibility index (Phi) is 10.6. The summed E-state index contributed by atoms with van der Waals surface area (Å²) in [6.07, 6.45) is 0.728. The first kappa shape index (κ1) is 31.0. The largest absolute Gasteiger partial charge is 0.495 e. The van der Waals surface area contributed by atoms with Gasteiger partial charge in [-0.15, -0.1) is 0 Å². The smallest absolute Gasteiger partial charge is 0.264 e. The van der Waals surface area contributed by atoms with E-state index in [1.54, 1.807) is 25.1 Å². The van der Waals surface area contributed by atoms with Crippen LogP contribution in [-0.4, -0.2) is 50.9 Å². The Labute approximate surface area is 241 Å². The molecule has 2 amide bonds. The maximum Gasteiger partial charge on any atom is 0.264 e. The van der Waals surface area contributed by atoms with Crippen molar-refractivity contribution in [3.8, 4) is 5.75 Å². The third-order valence-electron chi connectivity index (χ3n) is 6.68. The fourth-order valence-electron chi connectivity index (χ4n) is 4.00. The van der Waals surface area contributed by atoms with E-state index in [0.717, 1.165) is 21.9 Å². The van der Waals surface area contributed by atoms with Crippen LogP contribution in [0.2, 0.25) is 5.02 Å². The van der Waals surface area contributed by atoms with Gasteiger partial charge in [0, 0.05) is 12.6 Å². The number of aryl methyl sites for hydroxylation is 1. The highest BCUT2D eigenvalue weighted by atomic mass is 35.5. The van der Waals surface area contributed by atoms with Crippen LogP contribution in [-0.2, 0) is 26.2 Å². The summed E-state index contributed by atoms with van der Waals surface area (Å²) in [5.41, 5.74) is 1.89. The second-order valence-electron chi connectivity index (χ2n) is 9.64. The molecule has 3 aromatic rings. The average Bonchev–Trinajstić information content (AvgIpc) is 2.94. The lowest BCUT2D eigenvalue weighted by Gasteiger charge is -2.32. The van der Waals surface area contributed by atoms with Gasteiger partial charge >= 0.3 is 0 Å². The van der Waals surface area contributed by atoms with Gasteiger partial charge in [-0.1, -0.05) is 66.6 Å². The van der Waals surface area contributed by atoms with Crippen molar-refractivity contribution in [3.05, 3.63) is 88.9 Å². The summed E-state index contributed by atoms with van der Waals surface area (Å²) in [4.78, 5) is 28.5. The van der Waals surface area contributed by atoms with Crippen molar-refractivity contribution in [1.29, 1.82) is 0 Å². The van der Waals surface area contributed by atoms with Gasteiger partial charge in [0.15, 0.2) is 0 Å². The number of benzene rings is 3. The first-order chi connectivity index (χ1) is 19.0. The van der Waals surface area contributed by atoms with Crippen molar-refractivity contribution >= 4 is 39.1 Å². The van der Waals surface area contributed by atoms with Gasteiger partial charge in [-0.2, -0.15) is 0 Å². The molecule has 0 fully saturated rings. The summed E-state index contributed by atoms with van der Waals surface area (Å²) in [5.74, 6) is -0.497. The highest BCUT2D eigenvalue weighted by Crippen LogP contribution is 2.32. The second-order valence-corrected chi connectivity index (χ2v) is 11.9. The molecule has 214 valence electrons. The van der Waals surface area contributed by atoms with Crippen molar-refractivity contribution in [3.63, 3.8) is 0 Å². The van der Waals surface area contributed by atoms with Gasteiger partial charge in [-0.3, -0.25) is 13.9 Å². The van der Waals surface area contributed by atoms with Crippen LogP contribution in [0.15, 0.2) is 77.7 Å². The van der Waals surface area contributed by atoms with Gasteiger partial charge in [0.05, 0.1) is 22.7 Å². The molecule has 0 spiro atoms. The summed E-state index contributed by atoms with van der Waals surface area (Å²) in [6, 6.07) is 19.2. The zero-order valence-electron chi connectivity index (χ0n) is 23.4. The highest BCUT2D eigenvalue weighted by molar-refractivity contribution is 7.92. The van der Waals surface area contributed by atoms with E-state index in [9.17, 15) is 18.0 Å². The maximum absolute atomic E-state index is 14.0. The number of nitrogens with one attached hydrogen (secondary N) is 1. The lowest BCUT2D eigenvalue weighted by atomic mass is 10.1. The van der Waals surface area contributed by atoms with E-state index in [0.29, 0.717) is 5.75 Å². The van der Waals surface area contributed by atoms with Crippen LogP contribution >= 0.6 is 11.6 Å². The second kappa shape index (κ2) is 13.7. The Morgan fingerprint density at radius 2 is 1.65 bits per heavy atom. The van der Waals surface area contributed by atoms with E-state index in [-0.39, 0.29) is 34.1 Å². The molecule has 1 N–H and O–H groups in total. The van der Waals surface area contributed by atoms with Crippen LogP contribution in [0, 0.1) is 6.92 Å². The Balaban J connectivity index is 2.05. The van der Waals surface area contributed by atoms with Gasteiger partial charge in [0.25, 0.3) is 10.0 Å². The van der Waals surface area contributed by atoms with Crippen LogP contribution in [0.3, 0.4) is 0 Å². The van der Waals surface area contributed by atoms with Crippen molar-refractivity contribution in [1.82, 2.24) is 10.2 Å². The molecular formula is C30H36ClN3O5S. The summed E-state index contributed by atoms with van der Waals surface area (Å²) < 4.78 is 34.1. The van der Waals surface area contributed by atoms with E-state index in [1.165, 1.54) is 36.3 Å². The quantitative estimate of drug-likeness (QED) is 0.316. The number of methoxy groups -OCH3 is 1. The molecule has 0 heterocycles. The molecule has 0 aliphatic rings. The van der Waals surface area contributed by atoms with Crippen LogP contribution in [0.25, 0.3) is 0 Å². The lowest BCUT2D eigenvalue weighted by Crippen LogP contribution is -2.52. The summed E-state index contributed by atoms with van der Waals surface area (Å²) in [5, 5.41) is 3.11. The molecule has 2 unspecified atom stereocenters. The molecule has 0 aliphatic heterocycles. The van der Waals surface area contributed by atoms with Crippen LogP contribution in [0.1, 0.15) is 38.3 Å². The first-order valence-electron chi connectivity index (χ1n) is 13.0. The number of ether oxygens (including phenoxy) is 1. The predicted octanol–water partition coefficient (Wildman–Crippen LogP) is 5.18. The minimum Gasteiger partial charge on any atom is -0.495 e. The normalized spacial score (nSPS) is 12.8. The van der Waals surface area contributed by atoms with E-state index in [1.807, 2.05) is 51.1 Å². The molecule has 0 bridgehead atoms. The Hall–Kier alpha value is -3.56. The fourth-order valence-corrected chi connectivity index (χ4v) is 5.66. The number of nitrogens with zero attached hydrogens (tertiary/aromatic N) is 2. The number of sulfonamides is 1. The fraction of sp³-hybridized carbons (Fsp3) is 0.333. The third kappa shape index (κ3) is 7.55. The van der Waals surface area contributed by atoms with Crippen molar-refractivity contribution in [2.75, 3.05) is 18.0 Å². The summed E-state index contributed by atoms with van der Waals surface area (Å²) >= 11 is 6.36. The minimum atomic E-state index is -4.19. The Morgan fingerprint density at radius 3 is 2.23 bits per heavy atom. The topological polar surface area (TPSA) is 96.0 Å². The molecule has 3 rings (SSSR count). The zero-order chi connectivity index (χ0) is 29.4. The van der Waals surface area contributed by atoms with Gasteiger partial charge in [0.1, 0.15) is 18.3 Å². The van der Waals surface area contributed by atoms with Gasteiger partial charge in [-0.25, -0.2) is 8.42 Å². The van der Waals surface area contributed by atoms with Crippen molar-refractivity contribution in [2.24, 2.45) is 0 Å². The van der Waals surface area contributed by atoms with E-state index >= 15 is 0 Å². The Bertz CT molecular complexity index is 1420. The molecule has 0 aliphatic carbocycles. The van der Waals surface area contributed by atoms with E-state index in [2.05, 4.69) is 5.32 Å². The number of rotatable bonds is 12.